The maximum Gasteiger partial charge on any atom is 0.306 e. The Labute approximate surface area is 491 Å². The van der Waals surface area contributed by atoms with Crippen molar-refractivity contribution in [1.82, 2.24) is 0 Å². The number of carbonyl (C=O) groups is 3. The van der Waals surface area contributed by atoms with E-state index in [1.807, 2.05) is 0 Å². The lowest BCUT2D eigenvalue weighted by molar-refractivity contribution is -0.167. The molecule has 0 rings (SSSR count). The molecular weight excluding hydrogens is 973 g/mol. The van der Waals surface area contributed by atoms with Crippen LogP contribution in [0.5, 0.6) is 0 Å². The average molecular weight is 1100 g/mol. The number of esters is 3. The standard InChI is InChI=1S/C73H130O6/c1-4-7-10-13-16-19-22-25-28-31-33-34-35-36-37-38-40-42-45-48-51-54-57-60-63-66-72(75)78-69-70(68-77-71(74)65-62-59-56-53-50-47-44-41-30-27-24-21-18-15-12-9-6-3)79-73(76)67-64-61-58-55-52-49-46-43-39-32-29-26-23-20-17-14-11-8-5-2/h7,10,16,19,25-26,28-29,33-34,36-37,70H,4-6,8-9,11-15,17-18,20-24,27,30-32,35,38-69H2,1-3H3/b10-7-,19-16-,28-25-,29-26-,34-33-,37-36-. The number of hydrogen-bond acceptors (Lipinski definition) is 6. The summed E-state index contributed by atoms with van der Waals surface area (Å²) in [5, 5.41) is 0. The van der Waals surface area contributed by atoms with E-state index < -0.39 is 6.10 Å². The molecule has 0 amide bonds. The molecule has 0 bridgehead atoms. The number of carbonyl (C=O) groups excluding carboxylic acids is 3. The molecule has 458 valence electrons. The predicted molar refractivity (Wildman–Crippen MR) is 344 cm³/mol. The van der Waals surface area contributed by atoms with Crippen LogP contribution in [0.25, 0.3) is 0 Å². The zero-order chi connectivity index (χ0) is 57.1. The van der Waals surface area contributed by atoms with Crippen molar-refractivity contribution in [3.8, 4) is 0 Å². The van der Waals surface area contributed by atoms with Crippen molar-refractivity contribution >= 4 is 17.9 Å². The molecule has 0 aliphatic heterocycles. The lowest BCUT2D eigenvalue weighted by Crippen LogP contribution is -2.30. The minimum Gasteiger partial charge on any atom is -0.462 e. The lowest BCUT2D eigenvalue weighted by atomic mass is 10.0. The fraction of sp³-hybridized carbons (Fsp3) is 0.795. The Bertz CT molecular complexity index is 1450. The number of rotatable bonds is 63. The summed E-state index contributed by atoms with van der Waals surface area (Å²) in [6, 6.07) is 0. The summed E-state index contributed by atoms with van der Waals surface area (Å²) in [6.45, 7) is 6.57. The van der Waals surface area contributed by atoms with Crippen LogP contribution in [0.3, 0.4) is 0 Å². The van der Waals surface area contributed by atoms with E-state index in [1.54, 1.807) is 0 Å². The molecular formula is C73H130O6. The second-order valence-corrected chi connectivity index (χ2v) is 23.1. The molecule has 0 spiro atoms. The number of allylic oxidation sites excluding steroid dienone is 12. The molecule has 0 aromatic heterocycles. The van der Waals surface area contributed by atoms with E-state index >= 15 is 0 Å². The number of ether oxygens (including phenoxy) is 3. The van der Waals surface area contributed by atoms with Crippen LogP contribution < -0.4 is 0 Å². The second kappa shape index (κ2) is 67.4. The van der Waals surface area contributed by atoms with E-state index in [2.05, 4.69) is 93.7 Å². The van der Waals surface area contributed by atoms with E-state index in [0.29, 0.717) is 19.3 Å². The topological polar surface area (TPSA) is 78.9 Å². The Hall–Kier alpha value is -3.15. The van der Waals surface area contributed by atoms with Crippen molar-refractivity contribution < 1.29 is 28.6 Å². The maximum atomic E-state index is 12.9. The zero-order valence-electron chi connectivity index (χ0n) is 52.6. The first-order valence-corrected chi connectivity index (χ1v) is 34.4. The van der Waals surface area contributed by atoms with Gasteiger partial charge in [-0.3, -0.25) is 14.4 Å². The molecule has 0 saturated heterocycles. The van der Waals surface area contributed by atoms with Crippen LogP contribution >= 0.6 is 0 Å². The van der Waals surface area contributed by atoms with Gasteiger partial charge in [0.1, 0.15) is 13.2 Å². The first kappa shape index (κ1) is 75.8. The Kier molecular flexibility index (Phi) is 64.7. The van der Waals surface area contributed by atoms with Gasteiger partial charge >= 0.3 is 17.9 Å². The van der Waals surface area contributed by atoms with Crippen molar-refractivity contribution in [1.29, 1.82) is 0 Å². The Morgan fingerprint density at radius 1 is 0.266 bits per heavy atom. The molecule has 0 radical (unpaired) electrons. The van der Waals surface area contributed by atoms with Crippen LogP contribution in [0, 0.1) is 0 Å². The quantitative estimate of drug-likeness (QED) is 0.0261. The van der Waals surface area contributed by atoms with E-state index in [4.69, 9.17) is 14.2 Å². The molecule has 0 aliphatic carbocycles. The predicted octanol–water partition coefficient (Wildman–Crippen LogP) is 23.7. The van der Waals surface area contributed by atoms with Crippen LogP contribution in [0.1, 0.15) is 355 Å². The molecule has 0 heterocycles. The number of hydrogen-bond donors (Lipinski definition) is 0. The Morgan fingerprint density at radius 2 is 0.494 bits per heavy atom. The molecule has 1 unspecified atom stereocenters. The van der Waals surface area contributed by atoms with Crippen molar-refractivity contribution in [2.24, 2.45) is 0 Å². The fourth-order valence-electron chi connectivity index (χ4n) is 10.1. The molecule has 0 saturated carbocycles. The van der Waals surface area contributed by atoms with Gasteiger partial charge in [0.05, 0.1) is 0 Å². The van der Waals surface area contributed by atoms with Crippen LogP contribution in [0.15, 0.2) is 72.9 Å². The summed E-state index contributed by atoms with van der Waals surface area (Å²) in [7, 11) is 0. The molecule has 6 heteroatoms. The molecule has 0 aromatic carbocycles. The van der Waals surface area contributed by atoms with Crippen molar-refractivity contribution in [3.63, 3.8) is 0 Å². The average Bonchev–Trinajstić information content (AvgIpc) is 3.45. The monoisotopic (exact) mass is 1100 g/mol. The van der Waals surface area contributed by atoms with E-state index in [1.165, 1.54) is 218 Å². The highest BCUT2D eigenvalue weighted by Gasteiger charge is 2.19. The van der Waals surface area contributed by atoms with Crippen LogP contribution in [0.4, 0.5) is 0 Å². The van der Waals surface area contributed by atoms with Gasteiger partial charge in [0.15, 0.2) is 6.10 Å². The largest absolute Gasteiger partial charge is 0.462 e. The van der Waals surface area contributed by atoms with Gasteiger partial charge in [-0.05, 0) is 89.9 Å². The zero-order valence-corrected chi connectivity index (χ0v) is 52.6. The van der Waals surface area contributed by atoms with Crippen molar-refractivity contribution in [2.45, 2.75) is 361 Å². The third-order valence-electron chi connectivity index (χ3n) is 15.2. The van der Waals surface area contributed by atoms with E-state index in [-0.39, 0.29) is 31.1 Å². The highest BCUT2D eigenvalue weighted by atomic mass is 16.6. The van der Waals surface area contributed by atoms with Crippen LogP contribution in [0.2, 0.25) is 0 Å². The highest BCUT2D eigenvalue weighted by Crippen LogP contribution is 2.17. The molecule has 1 atom stereocenters. The SMILES string of the molecule is CC/C=C\C/C=C\C/C=C\C/C=C\C/C=C\CCCCCCCCCCCC(=O)OCC(COC(=O)CCCCCCCCCCCCCCCCCCC)OC(=O)CCCCCCCCCCC/C=C\CCCCCCCC. The van der Waals surface area contributed by atoms with Gasteiger partial charge in [0.2, 0.25) is 0 Å². The van der Waals surface area contributed by atoms with E-state index in [9.17, 15) is 14.4 Å². The van der Waals surface area contributed by atoms with Crippen LogP contribution in [-0.2, 0) is 28.6 Å². The highest BCUT2D eigenvalue weighted by molar-refractivity contribution is 5.71. The molecule has 0 fully saturated rings. The Balaban J connectivity index is 4.34. The lowest BCUT2D eigenvalue weighted by Gasteiger charge is -2.18. The summed E-state index contributed by atoms with van der Waals surface area (Å²) >= 11 is 0. The van der Waals surface area contributed by atoms with E-state index in [0.717, 1.165) is 96.3 Å². The first-order chi connectivity index (χ1) is 39.0. The van der Waals surface area contributed by atoms with Gasteiger partial charge in [-0.25, -0.2) is 0 Å². The van der Waals surface area contributed by atoms with Gasteiger partial charge in [-0.1, -0.05) is 318 Å². The smallest absolute Gasteiger partial charge is 0.306 e. The summed E-state index contributed by atoms with van der Waals surface area (Å²) in [5.74, 6) is -0.860. The molecule has 0 aliphatic rings. The van der Waals surface area contributed by atoms with Crippen molar-refractivity contribution in [3.05, 3.63) is 72.9 Å². The van der Waals surface area contributed by atoms with Gasteiger partial charge in [0.25, 0.3) is 0 Å². The third kappa shape index (κ3) is 65.5. The molecule has 6 nitrogen and oxygen atoms in total. The van der Waals surface area contributed by atoms with Gasteiger partial charge in [0, 0.05) is 19.3 Å². The summed E-state index contributed by atoms with van der Waals surface area (Å²) in [4.78, 5) is 38.4. The normalized spacial score (nSPS) is 12.5. The minimum absolute atomic E-state index is 0.0737. The number of unbranched alkanes of at least 4 members (excludes halogenated alkanes) is 40. The summed E-state index contributed by atoms with van der Waals surface area (Å²) in [5.41, 5.74) is 0. The van der Waals surface area contributed by atoms with Crippen LogP contribution in [-0.4, -0.2) is 37.2 Å². The second-order valence-electron chi connectivity index (χ2n) is 23.1. The van der Waals surface area contributed by atoms with Gasteiger partial charge in [-0.2, -0.15) is 0 Å². The summed E-state index contributed by atoms with van der Waals surface area (Å²) in [6.07, 6.45) is 87.7. The fourth-order valence-corrected chi connectivity index (χ4v) is 10.1. The Morgan fingerprint density at radius 3 is 0.785 bits per heavy atom. The minimum atomic E-state index is -0.779. The molecule has 79 heavy (non-hydrogen) atoms. The third-order valence-corrected chi connectivity index (χ3v) is 15.2. The van der Waals surface area contributed by atoms with Gasteiger partial charge < -0.3 is 14.2 Å². The summed E-state index contributed by atoms with van der Waals surface area (Å²) < 4.78 is 17.0. The first-order valence-electron chi connectivity index (χ1n) is 34.4. The van der Waals surface area contributed by atoms with Gasteiger partial charge in [-0.15, -0.1) is 0 Å². The maximum absolute atomic E-state index is 12.9. The molecule has 0 aromatic rings. The molecule has 0 N–H and O–H groups in total. The van der Waals surface area contributed by atoms with Crippen molar-refractivity contribution in [2.75, 3.05) is 13.2 Å².